The summed E-state index contributed by atoms with van der Waals surface area (Å²) in [6.45, 7) is 0.311. The molecule has 2 unspecified atom stereocenters. The highest BCUT2D eigenvalue weighted by Gasteiger charge is 2.54. The van der Waals surface area contributed by atoms with E-state index in [4.69, 9.17) is 4.74 Å². The third kappa shape index (κ3) is 2.49. The molecule has 0 aromatic heterocycles. The summed E-state index contributed by atoms with van der Waals surface area (Å²) in [4.78, 5) is 0. The van der Waals surface area contributed by atoms with Gasteiger partial charge in [-0.3, -0.25) is 0 Å². The number of ether oxygens (including phenoxy) is 1. The van der Waals surface area contributed by atoms with E-state index in [0.29, 0.717) is 18.6 Å². The lowest BCUT2D eigenvalue weighted by atomic mass is 9.59. The summed E-state index contributed by atoms with van der Waals surface area (Å²) in [6, 6.07) is 6.76. The zero-order chi connectivity index (χ0) is 14.0. The minimum atomic E-state index is -0.230. The molecule has 20 heavy (non-hydrogen) atoms. The lowest BCUT2D eigenvalue weighted by molar-refractivity contribution is -0.203. The maximum atomic E-state index is 13.6. The van der Waals surface area contributed by atoms with Crippen LogP contribution >= 0.6 is 0 Å². The van der Waals surface area contributed by atoms with E-state index in [0.717, 1.165) is 12.8 Å². The molecule has 0 bridgehead atoms. The van der Waals surface area contributed by atoms with Crippen LogP contribution in [0.25, 0.3) is 0 Å². The van der Waals surface area contributed by atoms with E-state index in [9.17, 15) is 9.50 Å². The Hall–Kier alpha value is -0.930. The van der Waals surface area contributed by atoms with Gasteiger partial charge in [0.25, 0.3) is 0 Å². The predicted octanol–water partition coefficient (Wildman–Crippen LogP) is 3.82. The Labute approximate surface area is 120 Å². The molecule has 3 rings (SSSR count). The first-order valence-corrected chi connectivity index (χ1v) is 7.75. The smallest absolute Gasteiger partial charge is 0.128 e. The number of benzene rings is 1. The van der Waals surface area contributed by atoms with Crippen LogP contribution in [0, 0.1) is 11.2 Å². The van der Waals surface area contributed by atoms with Crippen LogP contribution in [0.5, 0.6) is 0 Å². The summed E-state index contributed by atoms with van der Waals surface area (Å²) in [6.07, 6.45) is 7.54. The van der Waals surface area contributed by atoms with Gasteiger partial charge in [0.05, 0.1) is 18.8 Å². The number of aliphatic hydroxyl groups excluding tert-OH is 1. The Balaban J connectivity index is 1.64. The second kappa shape index (κ2) is 5.82. The van der Waals surface area contributed by atoms with Crippen molar-refractivity contribution in [2.24, 2.45) is 5.41 Å². The van der Waals surface area contributed by atoms with Crippen LogP contribution < -0.4 is 0 Å². The molecular weight excluding hydrogens is 255 g/mol. The fraction of sp³-hybridized carbons (Fsp3) is 0.647. The molecule has 1 spiro atoms. The van der Waals surface area contributed by atoms with Crippen molar-refractivity contribution >= 4 is 0 Å². The van der Waals surface area contributed by atoms with Crippen molar-refractivity contribution < 1.29 is 14.2 Å². The maximum Gasteiger partial charge on any atom is 0.128 e. The first-order chi connectivity index (χ1) is 9.72. The minimum Gasteiger partial charge on any atom is -0.392 e. The molecule has 1 aromatic carbocycles. The van der Waals surface area contributed by atoms with Crippen molar-refractivity contribution in [2.45, 2.75) is 63.8 Å². The Morgan fingerprint density at radius 2 is 1.85 bits per heavy atom. The van der Waals surface area contributed by atoms with E-state index in [1.807, 2.05) is 6.07 Å². The molecule has 1 aromatic rings. The van der Waals surface area contributed by atoms with E-state index >= 15 is 0 Å². The van der Waals surface area contributed by atoms with Gasteiger partial charge in [0.1, 0.15) is 5.82 Å². The zero-order valence-electron chi connectivity index (χ0n) is 11.9. The van der Waals surface area contributed by atoms with Crippen LogP contribution in [0.4, 0.5) is 4.39 Å². The van der Waals surface area contributed by atoms with E-state index in [1.54, 1.807) is 12.1 Å². The van der Waals surface area contributed by atoms with Gasteiger partial charge < -0.3 is 9.84 Å². The molecule has 3 heteroatoms. The van der Waals surface area contributed by atoms with Crippen LogP contribution in [-0.2, 0) is 11.3 Å². The molecule has 2 fully saturated rings. The molecule has 0 aliphatic heterocycles. The summed E-state index contributed by atoms with van der Waals surface area (Å²) in [5.41, 5.74) is 0.555. The molecule has 2 aliphatic carbocycles. The van der Waals surface area contributed by atoms with Crippen LogP contribution in [0.2, 0.25) is 0 Å². The van der Waals surface area contributed by atoms with E-state index in [-0.39, 0.29) is 23.4 Å². The lowest BCUT2D eigenvalue weighted by Crippen LogP contribution is -2.57. The molecule has 2 aliphatic rings. The third-order valence-corrected chi connectivity index (χ3v) is 5.17. The molecule has 2 nitrogen and oxygen atoms in total. The highest BCUT2D eigenvalue weighted by Crippen LogP contribution is 2.52. The average molecular weight is 278 g/mol. The van der Waals surface area contributed by atoms with Gasteiger partial charge in [-0.25, -0.2) is 4.39 Å². The molecule has 1 N–H and O–H groups in total. The van der Waals surface area contributed by atoms with E-state index < -0.39 is 0 Å². The minimum absolute atomic E-state index is 0.0538. The summed E-state index contributed by atoms with van der Waals surface area (Å²) >= 11 is 0. The average Bonchev–Trinajstić information content (AvgIpc) is 2.73. The summed E-state index contributed by atoms with van der Waals surface area (Å²) < 4.78 is 19.6. The molecular formula is C17H23FO2. The van der Waals surface area contributed by atoms with Gasteiger partial charge in [0.2, 0.25) is 0 Å². The fourth-order valence-electron chi connectivity index (χ4n) is 3.81. The lowest BCUT2D eigenvalue weighted by Gasteiger charge is -2.53. The summed E-state index contributed by atoms with van der Waals surface area (Å²) in [7, 11) is 0. The van der Waals surface area contributed by atoms with Crippen molar-refractivity contribution in [3.8, 4) is 0 Å². The molecule has 0 radical (unpaired) electrons. The van der Waals surface area contributed by atoms with E-state index in [2.05, 4.69) is 0 Å². The quantitative estimate of drug-likeness (QED) is 0.911. The Morgan fingerprint density at radius 1 is 1.15 bits per heavy atom. The van der Waals surface area contributed by atoms with Crippen LogP contribution in [0.3, 0.4) is 0 Å². The van der Waals surface area contributed by atoms with Gasteiger partial charge in [-0.05, 0) is 18.9 Å². The first kappa shape index (κ1) is 14.0. The van der Waals surface area contributed by atoms with Crippen LogP contribution in [-0.4, -0.2) is 17.3 Å². The van der Waals surface area contributed by atoms with Crippen LogP contribution in [0.1, 0.15) is 50.5 Å². The Kier molecular flexibility index (Phi) is 4.08. The van der Waals surface area contributed by atoms with Crippen molar-refractivity contribution in [1.82, 2.24) is 0 Å². The summed E-state index contributed by atoms with van der Waals surface area (Å²) in [5, 5.41) is 10.2. The second-order valence-corrected chi connectivity index (χ2v) is 6.29. The third-order valence-electron chi connectivity index (χ3n) is 5.17. The van der Waals surface area contributed by atoms with Gasteiger partial charge in [-0.15, -0.1) is 0 Å². The summed E-state index contributed by atoms with van der Waals surface area (Å²) in [5.74, 6) is -0.206. The monoisotopic (exact) mass is 278 g/mol. The Bertz CT molecular complexity index is 452. The van der Waals surface area contributed by atoms with Crippen molar-refractivity contribution in [2.75, 3.05) is 0 Å². The van der Waals surface area contributed by atoms with Crippen molar-refractivity contribution in [3.05, 3.63) is 35.6 Å². The van der Waals surface area contributed by atoms with Crippen molar-refractivity contribution in [1.29, 1.82) is 0 Å². The van der Waals surface area contributed by atoms with Gasteiger partial charge in [-0.1, -0.05) is 43.9 Å². The highest BCUT2D eigenvalue weighted by atomic mass is 19.1. The molecule has 0 amide bonds. The maximum absolute atomic E-state index is 13.6. The van der Waals surface area contributed by atoms with E-state index in [1.165, 1.54) is 31.7 Å². The zero-order valence-corrected chi connectivity index (χ0v) is 11.9. The SMILES string of the molecule is OC1CC(OCc2ccccc2F)C12CCCCCC2. The molecule has 2 saturated carbocycles. The molecule has 2 atom stereocenters. The number of rotatable bonds is 3. The van der Waals surface area contributed by atoms with Crippen molar-refractivity contribution in [3.63, 3.8) is 0 Å². The van der Waals surface area contributed by atoms with Gasteiger partial charge >= 0.3 is 0 Å². The van der Waals surface area contributed by atoms with Gasteiger partial charge in [-0.2, -0.15) is 0 Å². The number of aliphatic hydroxyl groups is 1. The predicted molar refractivity (Wildman–Crippen MR) is 75.7 cm³/mol. The number of halogens is 1. The largest absolute Gasteiger partial charge is 0.392 e. The first-order valence-electron chi connectivity index (χ1n) is 7.75. The molecule has 0 saturated heterocycles. The fourth-order valence-corrected chi connectivity index (χ4v) is 3.81. The van der Waals surface area contributed by atoms with Gasteiger partial charge in [0, 0.05) is 17.4 Å². The Morgan fingerprint density at radius 3 is 2.50 bits per heavy atom. The van der Waals surface area contributed by atoms with Crippen LogP contribution in [0.15, 0.2) is 24.3 Å². The molecule has 110 valence electrons. The standard InChI is InChI=1S/C17H23FO2/c18-14-8-4-3-7-13(14)12-20-16-11-15(19)17(16)9-5-1-2-6-10-17/h3-4,7-8,15-16,19H,1-2,5-6,9-12H2. The number of hydrogen-bond donors (Lipinski definition) is 1. The molecule has 0 heterocycles. The normalized spacial score (nSPS) is 28.9. The van der Waals surface area contributed by atoms with Gasteiger partial charge in [0.15, 0.2) is 0 Å². The highest BCUT2D eigenvalue weighted by molar-refractivity contribution is 5.16. The second-order valence-electron chi connectivity index (χ2n) is 6.29. The number of hydrogen-bond acceptors (Lipinski definition) is 2. The topological polar surface area (TPSA) is 29.5 Å².